The molecule has 2 saturated heterocycles. The Bertz CT molecular complexity index is 1060. The number of carbonyl (C=O) groups is 1. The summed E-state index contributed by atoms with van der Waals surface area (Å²) in [5, 5.41) is 0. The fourth-order valence-corrected chi connectivity index (χ4v) is 5.76. The van der Waals surface area contributed by atoms with Crippen molar-refractivity contribution >= 4 is 27.0 Å². The maximum atomic E-state index is 13.0. The van der Waals surface area contributed by atoms with E-state index in [1.54, 1.807) is 12.1 Å². The van der Waals surface area contributed by atoms with Crippen molar-refractivity contribution in [2.45, 2.75) is 63.0 Å². The number of esters is 1. The van der Waals surface area contributed by atoms with Crippen molar-refractivity contribution in [2.24, 2.45) is 0 Å². The summed E-state index contributed by atoms with van der Waals surface area (Å²) >= 11 is 0. The summed E-state index contributed by atoms with van der Waals surface area (Å²) in [7, 11) is -3.60. The fourth-order valence-electron chi connectivity index (χ4n) is 4.33. The molecule has 3 heterocycles. The highest BCUT2D eigenvalue weighted by atomic mass is 32.2. The highest BCUT2D eigenvalue weighted by Crippen LogP contribution is 2.24. The van der Waals surface area contributed by atoms with E-state index in [0.717, 1.165) is 50.2 Å². The Balaban J connectivity index is 1.46. The summed E-state index contributed by atoms with van der Waals surface area (Å²) in [5.41, 5.74) is 1.49. The number of ether oxygens (including phenoxy) is 3. The quantitative estimate of drug-likeness (QED) is 0.510. The van der Waals surface area contributed by atoms with Gasteiger partial charge in [0.2, 0.25) is 10.0 Å². The summed E-state index contributed by atoms with van der Waals surface area (Å²) < 4.78 is 45.9. The standard InChI is InChI=1S/C23H33N3O6S/c1-2-10-26-21-7-6-19(33(28,29)25-11-14-30-15-12-25)16-20(21)24-22(26)8-9-23(27)32-17-18-5-3-4-13-31-18/h6-7,16,18H,2-5,8-15,17H2,1H3. The van der Waals surface area contributed by atoms with E-state index >= 15 is 0 Å². The molecule has 9 nitrogen and oxygen atoms in total. The number of hydrogen-bond donors (Lipinski definition) is 0. The zero-order valence-electron chi connectivity index (χ0n) is 19.2. The van der Waals surface area contributed by atoms with Gasteiger partial charge in [0.05, 0.1) is 41.7 Å². The molecular weight excluding hydrogens is 446 g/mol. The first kappa shape index (κ1) is 24.1. The predicted octanol–water partition coefficient (Wildman–Crippen LogP) is 2.51. The molecule has 0 spiro atoms. The average molecular weight is 480 g/mol. The topological polar surface area (TPSA) is 100.0 Å². The zero-order chi connectivity index (χ0) is 23.3. The third-order valence-corrected chi connectivity index (χ3v) is 8.01. The van der Waals surface area contributed by atoms with Crippen molar-refractivity contribution in [3.8, 4) is 0 Å². The van der Waals surface area contributed by atoms with Crippen LogP contribution in [0.1, 0.15) is 44.9 Å². The van der Waals surface area contributed by atoms with Crippen LogP contribution in [0.4, 0.5) is 0 Å². The number of hydrogen-bond acceptors (Lipinski definition) is 7. The lowest BCUT2D eigenvalue weighted by Crippen LogP contribution is -2.40. The lowest BCUT2D eigenvalue weighted by Gasteiger charge is -2.26. The van der Waals surface area contributed by atoms with E-state index in [1.807, 2.05) is 6.07 Å². The first-order valence-electron chi connectivity index (χ1n) is 11.8. The predicted molar refractivity (Wildman–Crippen MR) is 122 cm³/mol. The number of sulfonamides is 1. The summed E-state index contributed by atoms with van der Waals surface area (Å²) in [5.74, 6) is 0.494. The molecule has 1 aromatic heterocycles. The summed E-state index contributed by atoms with van der Waals surface area (Å²) in [6.07, 6.45) is 4.65. The number of benzene rings is 1. The van der Waals surface area contributed by atoms with Crippen molar-refractivity contribution in [3.63, 3.8) is 0 Å². The van der Waals surface area contributed by atoms with Crippen LogP contribution in [0.5, 0.6) is 0 Å². The van der Waals surface area contributed by atoms with Crippen molar-refractivity contribution in [2.75, 3.05) is 39.5 Å². The Kier molecular flexibility index (Phi) is 8.00. The van der Waals surface area contributed by atoms with E-state index in [0.29, 0.717) is 44.8 Å². The minimum absolute atomic E-state index is 0.000739. The van der Waals surface area contributed by atoms with Crippen LogP contribution in [0.3, 0.4) is 0 Å². The Morgan fingerprint density at radius 2 is 2.03 bits per heavy atom. The first-order chi connectivity index (χ1) is 16.0. The summed E-state index contributed by atoms with van der Waals surface area (Å²) in [6, 6.07) is 5.09. The van der Waals surface area contributed by atoms with E-state index in [-0.39, 0.29) is 23.4 Å². The van der Waals surface area contributed by atoms with Gasteiger partial charge in [-0.1, -0.05) is 6.92 Å². The molecule has 0 N–H and O–H groups in total. The lowest BCUT2D eigenvalue weighted by molar-refractivity contribution is -0.149. The van der Waals surface area contributed by atoms with E-state index in [4.69, 9.17) is 19.2 Å². The Labute approximate surface area is 195 Å². The van der Waals surface area contributed by atoms with Gasteiger partial charge in [-0.15, -0.1) is 0 Å². The van der Waals surface area contributed by atoms with Gasteiger partial charge in [0, 0.05) is 32.7 Å². The van der Waals surface area contributed by atoms with Crippen LogP contribution in [-0.4, -0.2) is 73.9 Å². The van der Waals surface area contributed by atoms with Crippen molar-refractivity contribution < 1.29 is 27.4 Å². The van der Waals surface area contributed by atoms with Crippen molar-refractivity contribution in [3.05, 3.63) is 24.0 Å². The maximum Gasteiger partial charge on any atom is 0.306 e. The molecule has 2 aliphatic heterocycles. The van der Waals surface area contributed by atoms with Crippen LogP contribution < -0.4 is 0 Å². The smallest absolute Gasteiger partial charge is 0.306 e. The van der Waals surface area contributed by atoms with E-state index in [9.17, 15) is 13.2 Å². The number of carbonyl (C=O) groups excluding carboxylic acids is 1. The number of nitrogens with zero attached hydrogens (tertiary/aromatic N) is 3. The Morgan fingerprint density at radius 3 is 2.76 bits per heavy atom. The molecule has 0 saturated carbocycles. The van der Waals surface area contributed by atoms with Gasteiger partial charge >= 0.3 is 5.97 Å². The van der Waals surface area contributed by atoms with Crippen LogP contribution in [0, 0.1) is 0 Å². The lowest BCUT2D eigenvalue weighted by atomic mass is 10.1. The third kappa shape index (κ3) is 5.74. The van der Waals surface area contributed by atoms with Gasteiger partial charge in [-0.2, -0.15) is 4.31 Å². The molecule has 2 aromatic rings. The molecule has 2 aliphatic rings. The zero-order valence-corrected chi connectivity index (χ0v) is 20.0. The number of morpholine rings is 1. The van der Waals surface area contributed by atoms with Crippen LogP contribution in [0.25, 0.3) is 11.0 Å². The molecule has 0 radical (unpaired) electrons. The van der Waals surface area contributed by atoms with Crippen LogP contribution in [0.15, 0.2) is 23.1 Å². The SMILES string of the molecule is CCCn1c(CCC(=O)OCC2CCCCO2)nc2cc(S(=O)(=O)N3CCOCC3)ccc21. The van der Waals surface area contributed by atoms with E-state index in [1.165, 1.54) is 4.31 Å². The molecule has 10 heteroatoms. The molecule has 4 rings (SSSR count). The van der Waals surface area contributed by atoms with Crippen molar-refractivity contribution in [1.82, 2.24) is 13.9 Å². The molecule has 1 atom stereocenters. The number of aromatic nitrogens is 2. The van der Waals surface area contributed by atoms with Crippen LogP contribution >= 0.6 is 0 Å². The van der Waals surface area contributed by atoms with Gasteiger partial charge in [0.15, 0.2) is 0 Å². The van der Waals surface area contributed by atoms with Crippen LogP contribution in [-0.2, 0) is 42.0 Å². The summed E-state index contributed by atoms with van der Waals surface area (Å²) in [6.45, 7) is 5.35. The average Bonchev–Trinajstić information content (AvgIpc) is 3.19. The molecule has 33 heavy (non-hydrogen) atoms. The monoisotopic (exact) mass is 479 g/mol. The van der Waals surface area contributed by atoms with Gasteiger partial charge in [-0.3, -0.25) is 4.79 Å². The Morgan fingerprint density at radius 1 is 1.21 bits per heavy atom. The second kappa shape index (κ2) is 10.9. The number of aryl methyl sites for hydroxylation is 2. The molecule has 0 amide bonds. The number of imidazole rings is 1. The van der Waals surface area contributed by atoms with Crippen LogP contribution in [0.2, 0.25) is 0 Å². The third-order valence-electron chi connectivity index (χ3n) is 6.11. The van der Waals surface area contributed by atoms with Gasteiger partial charge in [-0.25, -0.2) is 13.4 Å². The first-order valence-corrected chi connectivity index (χ1v) is 13.3. The second-order valence-corrected chi connectivity index (χ2v) is 10.5. The maximum absolute atomic E-state index is 13.0. The number of fused-ring (bicyclic) bond motifs is 1. The van der Waals surface area contributed by atoms with Crippen molar-refractivity contribution in [1.29, 1.82) is 0 Å². The molecule has 1 aromatic carbocycles. The largest absolute Gasteiger partial charge is 0.463 e. The molecule has 1 unspecified atom stereocenters. The minimum Gasteiger partial charge on any atom is -0.463 e. The fraction of sp³-hybridized carbons (Fsp3) is 0.652. The highest BCUT2D eigenvalue weighted by molar-refractivity contribution is 7.89. The van der Waals surface area contributed by atoms with E-state index < -0.39 is 10.0 Å². The highest BCUT2D eigenvalue weighted by Gasteiger charge is 2.27. The molecule has 0 bridgehead atoms. The molecular formula is C23H33N3O6S. The van der Waals surface area contributed by atoms with Gasteiger partial charge < -0.3 is 18.8 Å². The normalized spacial score (nSPS) is 20.2. The minimum atomic E-state index is -3.60. The molecule has 182 valence electrons. The summed E-state index contributed by atoms with van der Waals surface area (Å²) in [4.78, 5) is 17.2. The number of rotatable bonds is 9. The molecule has 2 fully saturated rings. The Hall–Kier alpha value is -2.01. The molecule has 0 aliphatic carbocycles. The van der Waals surface area contributed by atoms with E-state index in [2.05, 4.69) is 11.5 Å². The van der Waals surface area contributed by atoms with Gasteiger partial charge in [0.1, 0.15) is 12.4 Å². The van der Waals surface area contributed by atoms with Gasteiger partial charge in [-0.05, 0) is 43.9 Å². The second-order valence-electron chi connectivity index (χ2n) is 8.52. The van der Waals surface area contributed by atoms with Gasteiger partial charge in [0.25, 0.3) is 0 Å².